The zero-order valence-electron chi connectivity index (χ0n) is 6.88. The van der Waals surface area contributed by atoms with Gasteiger partial charge < -0.3 is 5.21 Å². The van der Waals surface area contributed by atoms with Crippen molar-refractivity contribution in [3.8, 4) is 0 Å². The number of pyridine rings is 1. The maximum atomic E-state index is 8.43. The Bertz CT molecular complexity index is 446. The monoisotopic (exact) mass is 172 g/mol. The van der Waals surface area contributed by atoms with Gasteiger partial charge in [0.2, 0.25) is 0 Å². The predicted molar refractivity (Wildman–Crippen MR) is 51.1 cm³/mol. The first-order valence-electron chi connectivity index (χ1n) is 3.93. The molecule has 0 amide bonds. The molecule has 0 bridgehead atoms. The van der Waals surface area contributed by atoms with E-state index in [1.54, 1.807) is 6.20 Å². The molecule has 1 aromatic carbocycles. The average molecular weight is 172 g/mol. The summed E-state index contributed by atoms with van der Waals surface area (Å²) in [5.74, 6) is 0. The molecular weight excluding hydrogens is 164 g/mol. The van der Waals surface area contributed by atoms with Crippen molar-refractivity contribution in [3.63, 3.8) is 0 Å². The quantitative estimate of drug-likeness (QED) is 0.406. The van der Waals surface area contributed by atoms with Crippen molar-refractivity contribution < 1.29 is 5.21 Å². The lowest BCUT2D eigenvalue weighted by molar-refractivity contribution is 0.322. The fraction of sp³-hybridized carbons (Fsp3) is 0. The molecule has 0 radical (unpaired) electrons. The molecule has 64 valence electrons. The first-order valence-corrected chi connectivity index (χ1v) is 3.93. The van der Waals surface area contributed by atoms with Gasteiger partial charge in [-0.1, -0.05) is 23.4 Å². The van der Waals surface area contributed by atoms with Crippen LogP contribution in [-0.2, 0) is 0 Å². The van der Waals surface area contributed by atoms with E-state index in [2.05, 4.69) is 10.1 Å². The smallest absolute Gasteiger partial charge is 0.0740 e. The lowest BCUT2D eigenvalue weighted by atomic mass is 10.1. The van der Waals surface area contributed by atoms with E-state index in [0.29, 0.717) is 0 Å². The van der Waals surface area contributed by atoms with Gasteiger partial charge in [0.05, 0.1) is 11.7 Å². The maximum Gasteiger partial charge on any atom is 0.0740 e. The molecular formula is C10H8N2O. The van der Waals surface area contributed by atoms with Crippen LogP contribution in [0.3, 0.4) is 0 Å². The SMILES string of the molecule is O/N=C/c1cccc2ncccc12. The average Bonchev–Trinajstić information content (AvgIpc) is 2.19. The van der Waals surface area contributed by atoms with Crippen LogP contribution in [0.1, 0.15) is 5.56 Å². The fourth-order valence-corrected chi connectivity index (χ4v) is 1.30. The van der Waals surface area contributed by atoms with Crippen molar-refractivity contribution >= 4 is 17.1 Å². The summed E-state index contributed by atoms with van der Waals surface area (Å²) in [4.78, 5) is 4.18. The van der Waals surface area contributed by atoms with Crippen LogP contribution in [-0.4, -0.2) is 16.4 Å². The lowest BCUT2D eigenvalue weighted by Gasteiger charge is -1.98. The summed E-state index contributed by atoms with van der Waals surface area (Å²) in [5.41, 5.74) is 1.77. The van der Waals surface area contributed by atoms with Crippen LogP contribution in [0.25, 0.3) is 10.9 Å². The van der Waals surface area contributed by atoms with E-state index in [1.165, 1.54) is 6.21 Å². The highest BCUT2D eigenvalue weighted by Crippen LogP contribution is 2.14. The Morgan fingerprint density at radius 2 is 2.15 bits per heavy atom. The summed E-state index contributed by atoms with van der Waals surface area (Å²) in [5, 5.41) is 12.4. The van der Waals surface area contributed by atoms with Crippen LogP contribution in [0.2, 0.25) is 0 Å². The third kappa shape index (κ3) is 1.36. The molecule has 0 saturated carbocycles. The van der Waals surface area contributed by atoms with Gasteiger partial charge in [-0.15, -0.1) is 0 Å². The molecule has 2 aromatic rings. The summed E-state index contributed by atoms with van der Waals surface area (Å²) in [6, 6.07) is 9.48. The van der Waals surface area contributed by atoms with Crippen molar-refractivity contribution in [1.82, 2.24) is 4.98 Å². The molecule has 2 rings (SSSR count). The van der Waals surface area contributed by atoms with Gasteiger partial charge in [0.1, 0.15) is 0 Å². The third-order valence-electron chi connectivity index (χ3n) is 1.88. The number of hydrogen-bond acceptors (Lipinski definition) is 3. The molecule has 1 heterocycles. The topological polar surface area (TPSA) is 45.5 Å². The first-order chi connectivity index (χ1) is 6.42. The Hall–Kier alpha value is -1.90. The summed E-state index contributed by atoms with van der Waals surface area (Å²) < 4.78 is 0. The summed E-state index contributed by atoms with van der Waals surface area (Å²) in [6.07, 6.45) is 3.15. The van der Waals surface area contributed by atoms with Gasteiger partial charge in [-0.2, -0.15) is 0 Å². The maximum absolute atomic E-state index is 8.43. The van der Waals surface area contributed by atoms with Crippen LogP contribution in [0.15, 0.2) is 41.7 Å². The normalized spacial score (nSPS) is 11.1. The number of hydrogen-bond donors (Lipinski definition) is 1. The van der Waals surface area contributed by atoms with E-state index >= 15 is 0 Å². The largest absolute Gasteiger partial charge is 0.411 e. The second-order valence-corrected chi connectivity index (χ2v) is 2.66. The zero-order valence-corrected chi connectivity index (χ0v) is 6.88. The number of fused-ring (bicyclic) bond motifs is 1. The molecule has 0 unspecified atom stereocenters. The molecule has 1 N–H and O–H groups in total. The van der Waals surface area contributed by atoms with E-state index in [1.807, 2.05) is 30.3 Å². The van der Waals surface area contributed by atoms with Crippen molar-refractivity contribution in [2.75, 3.05) is 0 Å². The highest BCUT2D eigenvalue weighted by atomic mass is 16.4. The highest BCUT2D eigenvalue weighted by molar-refractivity contribution is 5.97. The Kier molecular flexibility index (Phi) is 1.92. The number of rotatable bonds is 1. The first kappa shape index (κ1) is 7.73. The number of aromatic nitrogens is 1. The van der Waals surface area contributed by atoms with Crippen LogP contribution in [0.5, 0.6) is 0 Å². The van der Waals surface area contributed by atoms with Crippen LogP contribution >= 0.6 is 0 Å². The van der Waals surface area contributed by atoms with Crippen molar-refractivity contribution in [1.29, 1.82) is 0 Å². The molecule has 0 fully saturated rings. The van der Waals surface area contributed by atoms with Crippen molar-refractivity contribution in [3.05, 3.63) is 42.1 Å². The summed E-state index contributed by atoms with van der Waals surface area (Å²) >= 11 is 0. The molecule has 3 nitrogen and oxygen atoms in total. The Balaban J connectivity index is 2.75. The molecule has 1 aromatic heterocycles. The van der Waals surface area contributed by atoms with Gasteiger partial charge >= 0.3 is 0 Å². The van der Waals surface area contributed by atoms with E-state index in [9.17, 15) is 0 Å². The van der Waals surface area contributed by atoms with Gasteiger partial charge in [-0.25, -0.2) is 0 Å². The molecule has 0 aliphatic rings. The van der Waals surface area contributed by atoms with Gasteiger partial charge in [-0.3, -0.25) is 4.98 Å². The highest BCUT2D eigenvalue weighted by Gasteiger charge is 1.97. The molecule has 0 aliphatic heterocycles. The van der Waals surface area contributed by atoms with Crippen LogP contribution in [0, 0.1) is 0 Å². The second kappa shape index (κ2) is 3.23. The van der Waals surface area contributed by atoms with Crippen LogP contribution in [0.4, 0.5) is 0 Å². The van der Waals surface area contributed by atoms with E-state index < -0.39 is 0 Å². The van der Waals surface area contributed by atoms with E-state index in [0.717, 1.165) is 16.5 Å². The fourth-order valence-electron chi connectivity index (χ4n) is 1.30. The van der Waals surface area contributed by atoms with E-state index in [-0.39, 0.29) is 0 Å². The molecule has 0 aliphatic carbocycles. The number of oxime groups is 1. The van der Waals surface area contributed by atoms with Gasteiger partial charge in [-0.05, 0) is 12.1 Å². The van der Waals surface area contributed by atoms with Gasteiger partial charge in [0.25, 0.3) is 0 Å². The standard InChI is InChI=1S/C10H8N2O/c13-12-7-8-3-1-5-10-9(8)4-2-6-11-10/h1-7,13H/b12-7+. The molecule has 0 spiro atoms. The number of nitrogens with zero attached hydrogens (tertiary/aromatic N) is 2. The number of benzene rings is 1. The van der Waals surface area contributed by atoms with Crippen molar-refractivity contribution in [2.45, 2.75) is 0 Å². The Morgan fingerprint density at radius 3 is 3.00 bits per heavy atom. The predicted octanol–water partition coefficient (Wildman–Crippen LogP) is 2.04. The minimum atomic E-state index is 0.869. The van der Waals surface area contributed by atoms with Gasteiger partial charge in [0, 0.05) is 17.1 Å². The molecule has 13 heavy (non-hydrogen) atoms. The summed E-state index contributed by atoms with van der Waals surface area (Å²) in [6.45, 7) is 0. The minimum Gasteiger partial charge on any atom is -0.411 e. The van der Waals surface area contributed by atoms with Gasteiger partial charge in [0.15, 0.2) is 0 Å². The molecule has 0 saturated heterocycles. The second-order valence-electron chi connectivity index (χ2n) is 2.66. The molecule has 0 atom stereocenters. The van der Waals surface area contributed by atoms with E-state index in [4.69, 9.17) is 5.21 Å². The Morgan fingerprint density at radius 1 is 1.23 bits per heavy atom. The summed E-state index contributed by atoms with van der Waals surface area (Å²) in [7, 11) is 0. The Labute approximate surface area is 75.3 Å². The zero-order chi connectivity index (χ0) is 9.10. The molecule has 3 heteroatoms. The lowest BCUT2D eigenvalue weighted by Crippen LogP contribution is -1.85. The van der Waals surface area contributed by atoms with Crippen LogP contribution < -0.4 is 0 Å². The minimum absolute atomic E-state index is 0.869. The third-order valence-corrected chi connectivity index (χ3v) is 1.88. The van der Waals surface area contributed by atoms with Crippen molar-refractivity contribution in [2.24, 2.45) is 5.16 Å².